The Morgan fingerprint density at radius 2 is 1.89 bits per heavy atom. The van der Waals surface area contributed by atoms with Crippen LogP contribution in [0, 0.1) is 5.82 Å². The van der Waals surface area contributed by atoms with Crippen LogP contribution in [0.2, 0.25) is 5.02 Å². The number of hydrogen-bond donors (Lipinski definition) is 1. The summed E-state index contributed by atoms with van der Waals surface area (Å²) in [5.41, 5.74) is 2.57. The van der Waals surface area contributed by atoms with Crippen LogP contribution < -0.4 is 15.6 Å². The zero-order chi connectivity index (χ0) is 19.3. The van der Waals surface area contributed by atoms with Crippen molar-refractivity contribution in [3.63, 3.8) is 0 Å². The van der Waals surface area contributed by atoms with Gasteiger partial charge in [0.25, 0.3) is 0 Å². The zero-order valence-corrected chi connectivity index (χ0v) is 16.2. The van der Waals surface area contributed by atoms with Crippen LogP contribution in [0.3, 0.4) is 0 Å². The number of rotatable bonds is 3. The molecule has 0 radical (unpaired) electrons. The second-order valence-electron chi connectivity index (χ2n) is 7.58. The molecule has 3 aromatic rings. The van der Waals surface area contributed by atoms with E-state index in [2.05, 4.69) is 14.8 Å². The molecule has 144 valence electrons. The lowest BCUT2D eigenvalue weighted by Crippen LogP contribution is -2.43. The van der Waals surface area contributed by atoms with Gasteiger partial charge in [0, 0.05) is 54.4 Å². The molecule has 2 fully saturated rings. The molecule has 1 aromatic heterocycles. The third-order valence-electron chi connectivity index (χ3n) is 5.63. The highest BCUT2D eigenvalue weighted by Gasteiger charge is 2.27. The van der Waals surface area contributed by atoms with Gasteiger partial charge in [-0.1, -0.05) is 23.7 Å². The SMILES string of the molecule is O=c1c(-c2cccc(Cl)c2)cn(C2CC2)c2cc(N3CCNCC3)c(F)cc12. The normalized spacial score (nSPS) is 17.3. The third-order valence-corrected chi connectivity index (χ3v) is 5.87. The van der Waals surface area contributed by atoms with Crippen molar-refractivity contribution in [3.8, 4) is 11.1 Å². The molecule has 28 heavy (non-hydrogen) atoms. The Kier molecular flexibility index (Phi) is 4.37. The van der Waals surface area contributed by atoms with Gasteiger partial charge in [-0.2, -0.15) is 0 Å². The fourth-order valence-electron chi connectivity index (χ4n) is 4.02. The monoisotopic (exact) mass is 397 g/mol. The topological polar surface area (TPSA) is 37.3 Å². The largest absolute Gasteiger partial charge is 0.367 e. The first-order valence-corrected chi connectivity index (χ1v) is 10.1. The molecule has 4 nitrogen and oxygen atoms in total. The van der Waals surface area contributed by atoms with Crippen LogP contribution in [0.25, 0.3) is 22.0 Å². The Morgan fingerprint density at radius 1 is 1.11 bits per heavy atom. The smallest absolute Gasteiger partial charge is 0.197 e. The number of pyridine rings is 1. The quantitative estimate of drug-likeness (QED) is 0.719. The lowest BCUT2D eigenvalue weighted by Gasteiger charge is -2.30. The Labute approximate surface area is 167 Å². The van der Waals surface area contributed by atoms with Gasteiger partial charge in [-0.05, 0) is 42.7 Å². The van der Waals surface area contributed by atoms with Crippen molar-refractivity contribution in [2.45, 2.75) is 18.9 Å². The third kappa shape index (κ3) is 3.09. The Bertz CT molecular complexity index is 1120. The molecule has 2 heterocycles. The predicted octanol–water partition coefficient (Wildman–Crippen LogP) is 4.21. The summed E-state index contributed by atoms with van der Waals surface area (Å²) >= 11 is 6.13. The zero-order valence-electron chi connectivity index (χ0n) is 15.4. The molecule has 2 aromatic carbocycles. The molecule has 0 amide bonds. The van der Waals surface area contributed by atoms with Crippen molar-refractivity contribution >= 4 is 28.2 Å². The molecule has 0 bridgehead atoms. The van der Waals surface area contributed by atoms with E-state index in [1.165, 1.54) is 6.07 Å². The fraction of sp³-hybridized carbons (Fsp3) is 0.318. The van der Waals surface area contributed by atoms with Crippen molar-refractivity contribution in [1.29, 1.82) is 0 Å². The number of nitrogens with one attached hydrogen (secondary N) is 1. The van der Waals surface area contributed by atoms with Crippen LogP contribution in [-0.2, 0) is 0 Å². The van der Waals surface area contributed by atoms with E-state index in [-0.39, 0.29) is 11.2 Å². The molecule has 0 atom stereocenters. The van der Waals surface area contributed by atoms with Gasteiger partial charge in [0.15, 0.2) is 5.43 Å². The molecule has 1 saturated heterocycles. The summed E-state index contributed by atoms with van der Waals surface area (Å²) in [6.45, 7) is 3.19. The second kappa shape index (κ2) is 6.90. The number of benzene rings is 2. The minimum atomic E-state index is -0.336. The van der Waals surface area contributed by atoms with Gasteiger partial charge in [0.05, 0.1) is 11.2 Å². The van der Waals surface area contributed by atoms with E-state index >= 15 is 0 Å². The minimum Gasteiger partial charge on any atom is -0.367 e. The molecule has 1 aliphatic carbocycles. The highest BCUT2D eigenvalue weighted by molar-refractivity contribution is 6.30. The van der Waals surface area contributed by atoms with Gasteiger partial charge < -0.3 is 14.8 Å². The van der Waals surface area contributed by atoms with Crippen LogP contribution in [-0.4, -0.2) is 30.7 Å². The van der Waals surface area contributed by atoms with E-state index in [1.54, 1.807) is 12.1 Å². The van der Waals surface area contributed by atoms with Crippen molar-refractivity contribution < 1.29 is 4.39 Å². The first kappa shape index (κ1) is 17.7. The van der Waals surface area contributed by atoms with Crippen molar-refractivity contribution in [2.75, 3.05) is 31.1 Å². The molecule has 6 heteroatoms. The average molecular weight is 398 g/mol. The van der Waals surface area contributed by atoms with E-state index in [4.69, 9.17) is 11.6 Å². The average Bonchev–Trinajstić information content (AvgIpc) is 3.54. The first-order chi connectivity index (χ1) is 13.6. The maximum Gasteiger partial charge on any atom is 0.197 e. The number of halogens is 2. The summed E-state index contributed by atoms with van der Waals surface area (Å²) in [6, 6.07) is 10.9. The molecule has 1 aliphatic heterocycles. The van der Waals surface area contributed by atoms with Gasteiger partial charge >= 0.3 is 0 Å². The summed E-state index contributed by atoms with van der Waals surface area (Å²) in [6.07, 6.45) is 4.08. The van der Waals surface area contributed by atoms with E-state index < -0.39 is 0 Å². The number of hydrogen-bond acceptors (Lipinski definition) is 3. The van der Waals surface area contributed by atoms with Crippen LogP contribution in [0.1, 0.15) is 18.9 Å². The molecule has 0 spiro atoms. The van der Waals surface area contributed by atoms with Crippen LogP contribution in [0.15, 0.2) is 47.4 Å². The summed E-state index contributed by atoms with van der Waals surface area (Å²) in [5.74, 6) is -0.336. The van der Waals surface area contributed by atoms with Crippen LogP contribution >= 0.6 is 11.6 Å². The van der Waals surface area contributed by atoms with Crippen molar-refractivity contribution in [3.05, 3.63) is 63.7 Å². The Morgan fingerprint density at radius 3 is 2.61 bits per heavy atom. The molecule has 2 aliphatic rings. The van der Waals surface area contributed by atoms with Crippen LogP contribution in [0.5, 0.6) is 0 Å². The molecule has 5 rings (SSSR count). The van der Waals surface area contributed by atoms with Gasteiger partial charge in [-0.15, -0.1) is 0 Å². The van der Waals surface area contributed by atoms with Crippen molar-refractivity contribution in [1.82, 2.24) is 9.88 Å². The summed E-state index contributed by atoms with van der Waals surface area (Å²) in [7, 11) is 0. The maximum atomic E-state index is 15.0. The number of nitrogens with zero attached hydrogens (tertiary/aromatic N) is 2. The molecular weight excluding hydrogens is 377 g/mol. The van der Waals surface area contributed by atoms with E-state index in [1.807, 2.05) is 24.4 Å². The highest BCUT2D eigenvalue weighted by atomic mass is 35.5. The van der Waals surface area contributed by atoms with E-state index in [0.717, 1.165) is 50.1 Å². The van der Waals surface area contributed by atoms with Crippen LogP contribution in [0.4, 0.5) is 10.1 Å². The summed E-state index contributed by atoms with van der Waals surface area (Å²) in [5, 5.41) is 4.30. The van der Waals surface area contributed by atoms with Crippen molar-refractivity contribution in [2.24, 2.45) is 0 Å². The lowest BCUT2D eigenvalue weighted by atomic mass is 10.0. The summed E-state index contributed by atoms with van der Waals surface area (Å²) < 4.78 is 17.2. The minimum absolute atomic E-state index is 0.153. The molecular formula is C22H21ClFN3O. The predicted molar refractivity (Wildman–Crippen MR) is 112 cm³/mol. The summed E-state index contributed by atoms with van der Waals surface area (Å²) in [4.78, 5) is 15.3. The van der Waals surface area contributed by atoms with Gasteiger partial charge in [-0.25, -0.2) is 4.39 Å². The number of anilines is 1. The van der Waals surface area contributed by atoms with E-state index in [0.29, 0.717) is 27.7 Å². The Balaban J connectivity index is 1.73. The maximum absolute atomic E-state index is 15.0. The number of aromatic nitrogens is 1. The lowest BCUT2D eigenvalue weighted by molar-refractivity contribution is 0.567. The number of fused-ring (bicyclic) bond motifs is 1. The Hall–Kier alpha value is -2.37. The number of piperazine rings is 1. The molecule has 1 saturated carbocycles. The highest BCUT2D eigenvalue weighted by Crippen LogP contribution is 2.39. The fourth-order valence-corrected chi connectivity index (χ4v) is 4.21. The van der Waals surface area contributed by atoms with Gasteiger partial charge in [0.1, 0.15) is 5.82 Å². The standard InChI is InChI=1S/C22H21ClFN3O/c23-15-3-1-2-14(10-15)18-13-27(16-4-5-16)20-12-21(26-8-6-25-7-9-26)19(24)11-17(20)22(18)28/h1-3,10-13,16,25H,4-9H2. The molecule has 0 unspecified atom stereocenters. The van der Waals surface area contributed by atoms with Gasteiger partial charge in [-0.3, -0.25) is 4.79 Å². The second-order valence-corrected chi connectivity index (χ2v) is 8.01. The first-order valence-electron chi connectivity index (χ1n) is 9.72. The van der Waals surface area contributed by atoms with Gasteiger partial charge in [0.2, 0.25) is 0 Å². The van der Waals surface area contributed by atoms with E-state index in [9.17, 15) is 9.18 Å². The molecule has 1 N–H and O–H groups in total.